The molecule has 0 aliphatic carbocycles. The molecule has 0 amide bonds. The fourth-order valence-corrected chi connectivity index (χ4v) is 3.02. The molecule has 0 bridgehead atoms. The lowest BCUT2D eigenvalue weighted by Crippen LogP contribution is -2.50. The standard InChI is InChI=1S/C16H25N3O4/c1-3-14(12-20)18-8-6-17(7-9-18)11-13-4-5-15(19(21)22)16(10-13)23-2/h4-5,10,14,20H,3,6-9,11-12H2,1-2H3. The molecule has 1 atom stereocenters. The van der Waals surface area contributed by atoms with Crippen molar-refractivity contribution in [1.29, 1.82) is 0 Å². The monoisotopic (exact) mass is 323 g/mol. The van der Waals surface area contributed by atoms with Crippen LogP contribution in [-0.2, 0) is 6.54 Å². The minimum absolute atomic E-state index is 0.00481. The topological polar surface area (TPSA) is 79.1 Å². The molecule has 7 nitrogen and oxygen atoms in total. The van der Waals surface area contributed by atoms with Crippen LogP contribution in [-0.4, -0.2) is 65.8 Å². The Balaban J connectivity index is 1.95. The van der Waals surface area contributed by atoms with Gasteiger partial charge in [-0.1, -0.05) is 13.0 Å². The van der Waals surface area contributed by atoms with E-state index in [9.17, 15) is 15.2 Å². The molecule has 1 aromatic carbocycles. The van der Waals surface area contributed by atoms with Gasteiger partial charge in [-0.05, 0) is 18.1 Å². The molecule has 1 unspecified atom stereocenters. The van der Waals surface area contributed by atoms with E-state index in [1.165, 1.54) is 13.2 Å². The highest BCUT2D eigenvalue weighted by molar-refractivity contribution is 5.48. The minimum Gasteiger partial charge on any atom is -0.490 e. The summed E-state index contributed by atoms with van der Waals surface area (Å²) in [5, 5.41) is 20.3. The largest absolute Gasteiger partial charge is 0.490 e. The van der Waals surface area contributed by atoms with Crippen molar-refractivity contribution in [3.05, 3.63) is 33.9 Å². The number of nitrogens with zero attached hydrogens (tertiary/aromatic N) is 3. The van der Waals surface area contributed by atoms with Crippen LogP contribution in [0, 0.1) is 10.1 Å². The normalized spacial score (nSPS) is 17.9. The van der Waals surface area contributed by atoms with Crippen LogP contribution in [0.2, 0.25) is 0 Å². The van der Waals surface area contributed by atoms with Gasteiger partial charge in [-0.2, -0.15) is 0 Å². The molecule has 128 valence electrons. The van der Waals surface area contributed by atoms with Gasteiger partial charge in [0.05, 0.1) is 18.6 Å². The third-order valence-corrected chi connectivity index (χ3v) is 4.45. The van der Waals surface area contributed by atoms with Gasteiger partial charge >= 0.3 is 5.69 Å². The molecule has 0 saturated carbocycles. The zero-order chi connectivity index (χ0) is 16.8. The number of methoxy groups -OCH3 is 1. The van der Waals surface area contributed by atoms with E-state index in [4.69, 9.17) is 4.74 Å². The van der Waals surface area contributed by atoms with Gasteiger partial charge in [-0.15, -0.1) is 0 Å². The second-order valence-electron chi connectivity index (χ2n) is 5.82. The summed E-state index contributed by atoms with van der Waals surface area (Å²) in [5.74, 6) is 0.303. The Morgan fingerprint density at radius 2 is 2.04 bits per heavy atom. The molecular weight excluding hydrogens is 298 g/mol. The Labute approximate surface area is 136 Å². The molecule has 0 radical (unpaired) electrons. The van der Waals surface area contributed by atoms with Crippen molar-refractivity contribution in [2.45, 2.75) is 25.9 Å². The van der Waals surface area contributed by atoms with Crippen LogP contribution in [0.25, 0.3) is 0 Å². The van der Waals surface area contributed by atoms with Crippen molar-refractivity contribution in [3.8, 4) is 5.75 Å². The highest BCUT2D eigenvalue weighted by atomic mass is 16.6. The molecule has 7 heteroatoms. The lowest BCUT2D eigenvalue weighted by atomic mass is 10.1. The van der Waals surface area contributed by atoms with Crippen LogP contribution >= 0.6 is 0 Å². The molecule has 1 aliphatic heterocycles. The summed E-state index contributed by atoms with van der Waals surface area (Å²) in [7, 11) is 1.45. The van der Waals surface area contributed by atoms with Crippen LogP contribution in [0.3, 0.4) is 0 Å². The number of rotatable bonds is 7. The predicted octanol–water partition coefficient (Wildman–Crippen LogP) is 1.49. The number of nitro benzene ring substituents is 1. The van der Waals surface area contributed by atoms with Crippen LogP contribution in [0.15, 0.2) is 18.2 Å². The zero-order valence-electron chi connectivity index (χ0n) is 13.8. The highest BCUT2D eigenvalue weighted by Gasteiger charge is 2.23. The molecule has 1 fully saturated rings. The van der Waals surface area contributed by atoms with E-state index in [1.54, 1.807) is 12.1 Å². The molecule has 1 N–H and O–H groups in total. The summed E-state index contributed by atoms with van der Waals surface area (Å²) in [5.41, 5.74) is 1.00. The Bertz CT molecular complexity index is 526. The number of aliphatic hydroxyl groups is 1. The fraction of sp³-hybridized carbons (Fsp3) is 0.625. The third kappa shape index (κ3) is 4.40. The first-order valence-electron chi connectivity index (χ1n) is 7.97. The van der Waals surface area contributed by atoms with E-state index < -0.39 is 4.92 Å². The zero-order valence-corrected chi connectivity index (χ0v) is 13.8. The van der Waals surface area contributed by atoms with Crippen molar-refractivity contribution < 1.29 is 14.8 Å². The Morgan fingerprint density at radius 1 is 1.35 bits per heavy atom. The number of hydrogen-bond donors (Lipinski definition) is 1. The highest BCUT2D eigenvalue weighted by Crippen LogP contribution is 2.28. The van der Waals surface area contributed by atoms with Gasteiger partial charge in [0.25, 0.3) is 0 Å². The number of ether oxygens (including phenoxy) is 1. The van der Waals surface area contributed by atoms with Gasteiger partial charge < -0.3 is 9.84 Å². The Kier molecular flexibility index (Phi) is 6.32. The molecule has 2 rings (SSSR count). The first-order chi connectivity index (χ1) is 11.1. The summed E-state index contributed by atoms with van der Waals surface area (Å²) in [6, 6.07) is 5.28. The maximum Gasteiger partial charge on any atom is 0.310 e. The van der Waals surface area contributed by atoms with Gasteiger partial charge in [0, 0.05) is 44.8 Å². The molecule has 1 aliphatic rings. The minimum atomic E-state index is -0.429. The van der Waals surface area contributed by atoms with Crippen LogP contribution < -0.4 is 4.74 Å². The van der Waals surface area contributed by atoms with Gasteiger partial charge in [0.15, 0.2) is 5.75 Å². The van der Waals surface area contributed by atoms with Crippen molar-refractivity contribution in [1.82, 2.24) is 9.80 Å². The van der Waals surface area contributed by atoms with Gasteiger partial charge in [0.2, 0.25) is 0 Å². The summed E-state index contributed by atoms with van der Waals surface area (Å²) < 4.78 is 5.12. The lowest BCUT2D eigenvalue weighted by molar-refractivity contribution is -0.385. The van der Waals surface area contributed by atoms with E-state index >= 15 is 0 Å². The average Bonchev–Trinajstić information content (AvgIpc) is 2.57. The number of benzene rings is 1. The van der Waals surface area contributed by atoms with Crippen molar-refractivity contribution in [3.63, 3.8) is 0 Å². The smallest absolute Gasteiger partial charge is 0.310 e. The van der Waals surface area contributed by atoms with Crippen molar-refractivity contribution in [2.75, 3.05) is 39.9 Å². The quantitative estimate of drug-likeness (QED) is 0.605. The number of piperazine rings is 1. The number of nitro groups is 1. The van der Waals surface area contributed by atoms with Gasteiger partial charge in [-0.3, -0.25) is 19.9 Å². The molecule has 1 heterocycles. The van der Waals surface area contributed by atoms with E-state index in [0.29, 0.717) is 5.75 Å². The molecule has 0 spiro atoms. The summed E-state index contributed by atoms with van der Waals surface area (Å²) in [4.78, 5) is 15.1. The molecule has 1 aromatic rings. The third-order valence-electron chi connectivity index (χ3n) is 4.45. The van der Waals surface area contributed by atoms with E-state index in [1.807, 2.05) is 0 Å². The van der Waals surface area contributed by atoms with E-state index in [0.717, 1.165) is 44.7 Å². The molecule has 23 heavy (non-hydrogen) atoms. The lowest BCUT2D eigenvalue weighted by Gasteiger charge is -2.38. The van der Waals surface area contributed by atoms with Crippen molar-refractivity contribution >= 4 is 5.69 Å². The molecular formula is C16H25N3O4. The van der Waals surface area contributed by atoms with Gasteiger partial charge in [0.1, 0.15) is 0 Å². The van der Waals surface area contributed by atoms with Crippen LogP contribution in [0.4, 0.5) is 5.69 Å². The maximum absolute atomic E-state index is 10.9. The van der Waals surface area contributed by atoms with Gasteiger partial charge in [-0.25, -0.2) is 0 Å². The van der Waals surface area contributed by atoms with Crippen molar-refractivity contribution in [2.24, 2.45) is 0 Å². The average molecular weight is 323 g/mol. The second-order valence-corrected chi connectivity index (χ2v) is 5.82. The van der Waals surface area contributed by atoms with Crippen LogP contribution in [0.5, 0.6) is 5.75 Å². The Morgan fingerprint density at radius 3 is 2.57 bits per heavy atom. The SMILES string of the molecule is CCC(CO)N1CCN(Cc2ccc([N+](=O)[O-])c(OC)c2)CC1. The van der Waals surface area contributed by atoms with E-state index in [2.05, 4.69) is 16.7 Å². The molecule has 1 saturated heterocycles. The number of aliphatic hydroxyl groups excluding tert-OH is 1. The maximum atomic E-state index is 10.9. The summed E-state index contributed by atoms with van der Waals surface area (Å²) in [6.07, 6.45) is 0.954. The first kappa shape index (κ1) is 17.7. The Hall–Kier alpha value is -1.70. The molecule has 0 aromatic heterocycles. The fourth-order valence-electron chi connectivity index (χ4n) is 3.02. The van der Waals surface area contributed by atoms with E-state index in [-0.39, 0.29) is 18.3 Å². The summed E-state index contributed by atoms with van der Waals surface area (Å²) >= 11 is 0. The van der Waals surface area contributed by atoms with Crippen LogP contribution in [0.1, 0.15) is 18.9 Å². The second kappa shape index (κ2) is 8.24. The number of hydrogen-bond acceptors (Lipinski definition) is 6. The predicted molar refractivity (Wildman–Crippen MR) is 87.7 cm³/mol. The summed E-state index contributed by atoms with van der Waals surface area (Å²) in [6.45, 7) is 6.77. The first-order valence-corrected chi connectivity index (χ1v) is 7.97.